The van der Waals surface area contributed by atoms with Gasteiger partial charge < -0.3 is 4.90 Å². The zero-order valence-electron chi connectivity index (χ0n) is 13.2. The van der Waals surface area contributed by atoms with Crippen LogP contribution < -0.4 is 4.90 Å². The van der Waals surface area contributed by atoms with Gasteiger partial charge in [-0.2, -0.15) is 4.31 Å². The summed E-state index contributed by atoms with van der Waals surface area (Å²) in [5, 5.41) is 1.17. The molecule has 0 atom stereocenters. The number of nitrogens with zero attached hydrogens (tertiary/aromatic N) is 2. The highest BCUT2D eigenvalue weighted by Crippen LogP contribution is 2.30. The monoisotopic (exact) mass is 384 g/mol. The van der Waals surface area contributed by atoms with Crippen molar-refractivity contribution in [1.29, 1.82) is 0 Å². The molecule has 7 heteroatoms. The molecule has 0 spiro atoms. The fourth-order valence-electron chi connectivity index (χ4n) is 2.89. The molecule has 1 heterocycles. The van der Waals surface area contributed by atoms with Crippen LogP contribution in [0.2, 0.25) is 10.0 Å². The van der Waals surface area contributed by atoms with E-state index in [1.807, 2.05) is 25.1 Å². The molecule has 4 nitrogen and oxygen atoms in total. The standard InChI is InChI=1S/C17H18Cl2N2O2S/c1-13-4-2-3-5-17(13)24(22,23)21-10-8-20(9-11-21)16-7-6-14(18)12-15(16)19/h2-7,12H,8-11H2,1H3. The maximum atomic E-state index is 12.8. The number of benzene rings is 2. The van der Waals surface area contributed by atoms with E-state index in [1.54, 1.807) is 24.3 Å². The molecule has 3 rings (SSSR count). The van der Waals surface area contributed by atoms with Crippen LogP contribution in [0.1, 0.15) is 5.56 Å². The average Bonchev–Trinajstić information content (AvgIpc) is 2.55. The molecule has 1 aliphatic rings. The third kappa shape index (κ3) is 3.40. The van der Waals surface area contributed by atoms with E-state index in [0.717, 1.165) is 11.3 Å². The lowest BCUT2D eigenvalue weighted by Gasteiger charge is -2.36. The fraction of sp³-hybridized carbons (Fsp3) is 0.294. The van der Waals surface area contributed by atoms with Gasteiger partial charge in [0, 0.05) is 31.2 Å². The van der Waals surface area contributed by atoms with Crippen molar-refractivity contribution >= 4 is 38.9 Å². The third-order valence-electron chi connectivity index (χ3n) is 4.20. The Labute approximate surface area is 152 Å². The predicted octanol–water partition coefficient (Wildman–Crippen LogP) is 3.81. The summed E-state index contributed by atoms with van der Waals surface area (Å²) in [6.07, 6.45) is 0. The maximum absolute atomic E-state index is 12.8. The van der Waals surface area contributed by atoms with Crippen LogP contribution in [0.15, 0.2) is 47.4 Å². The van der Waals surface area contributed by atoms with E-state index in [9.17, 15) is 8.42 Å². The Morgan fingerprint density at radius 1 is 0.958 bits per heavy atom. The highest BCUT2D eigenvalue weighted by Gasteiger charge is 2.29. The molecule has 2 aromatic rings. The van der Waals surface area contributed by atoms with E-state index >= 15 is 0 Å². The zero-order chi connectivity index (χ0) is 17.3. The van der Waals surface area contributed by atoms with Crippen molar-refractivity contribution in [2.45, 2.75) is 11.8 Å². The summed E-state index contributed by atoms with van der Waals surface area (Å²) in [4.78, 5) is 2.46. The van der Waals surface area contributed by atoms with E-state index in [1.165, 1.54) is 4.31 Å². The number of piperazine rings is 1. The van der Waals surface area contributed by atoms with Gasteiger partial charge in [0.1, 0.15) is 0 Å². The second-order valence-corrected chi connectivity index (χ2v) is 8.50. The Morgan fingerprint density at radius 2 is 1.62 bits per heavy atom. The quantitative estimate of drug-likeness (QED) is 0.807. The Bertz CT molecular complexity index is 847. The molecular formula is C17H18Cl2N2O2S. The van der Waals surface area contributed by atoms with Gasteiger partial charge in [0.05, 0.1) is 15.6 Å². The molecule has 0 bridgehead atoms. The van der Waals surface area contributed by atoms with Gasteiger partial charge in [0.25, 0.3) is 0 Å². The molecule has 0 unspecified atom stereocenters. The first-order valence-electron chi connectivity index (χ1n) is 7.65. The molecule has 128 valence electrons. The van der Waals surface area contributed by atoms with Crippen LogP contribution in [0.25, 0.3) is 0 Å². The van der Waals surface area contributed by atoms with Crippen molar-refractivity contribution in [2.24, 2.45) is 0 Å². The van der Waals surface area contributed by atoms with Gasteiger partial charge in [-0.1, -0.05) is 41.4 Å². The number of sulfonamides is 1. The first-order valence-corrected chi connectivity index (χ1v) is 9.85. The number of hydrogen-bond donors (Lipinski definition) is 0. The molecule has 0 aromatic heterocycles. The van der Waals surface area contributed by atoms with Crippen LogP contribution in [0.3, 0.4) is 0 Å². The first-order chi connectivity index (χ1) is 11.4. The molecule has 0 N–H and O–H groups in total. The highest BCUT2D eigenvalue weighted by molar-refractivity contribution is 7.89. The Hall–Kier alpha value is -1.27. The van der Waals surface area contributed by atoms with Gasteiger partial charge >= 0.3 is 0 Å². The largest absolute Gasteiger partial charge is 0.368 e. The van der Waals surface area contributed by atoms with Gasteiger partial charge in [-0.15, -0.1) is 0 Å². The smallest absolute Gasteiger partial charge is 0.243 e. The van der Waals surface area contributed by atoms with Gasteiger partial charge in [0.15, 0.2) is 0 Å². The summed E-state index contributed by atoms with van der Waals surface area (Å²) in [6.45, 7) is 3.85. The van der Waals surface area contributed by atoms with Crippen LogP contribution in [-0.4, -0.2) is 38.9 Å². The Balaban J connectivity index is 1.76. The maximum Gasteiger partial charge on any atom is 0.243 e. The molecule has 0 amide bonds. The number of halogens is 2. The minimum absolute atomic E-state index is 0.378. The van der Waals surface area contributed by atoms with Crippen LogP contribution in [0.4, 0.5) is 5.69 Å². The topological polar surface area (TPSA) is 40.6 Å². The third-order valence-corrected chi connectivity index (χ3v) is 6.80. The molecule has 24 heavy (non-hydrogen) atoms. The lowest BCUT2D eigenvalue weighted by Crippen LogP contribution is -2.48. The van der Waals surface area contributed by atoms with Gasteiger partial charge in [-0.3, -0.25) is 0 Å². The zero-order valence-corrected chi connectivity index (χ0v) is 15.6. The molecular weight excluding hydrogens is 367 g/mol. The molecule has 0 aliphatic carbocycles. The van der Waals surface area contributed by atoms with Crippen LogP contribution >= 0.6 is 23.2 Å². The molecule has 0 saturated carbocycles. The molecule has 1 fully saturated rings. The fourth-order valence-corrected chi connectivity index (χ4v) is 5.07. The highest BCUT2D eigenvalue weighted by atomic mass is 35.5. The van der Waals surface area contributed by atoms with Crippen molar-refractivity contribution in [3.05, 3.63) is 58.1 Å². The van der Waals surface area contributed by atoms with Crippen molar-refractivity contribution in [2.75, 3.05) is 31.1 Å². The van der Waals surface area contributed by atoms with Crippen molar-refractivity contribution in [3.63, 3.8) is 0 Å². The van der Waals surface area contributed by atoms with E-state index in [2.05, 4.69) is 4.90 Å². The van der Waals surface area contributed by atoms with E-state index in [4.69, 9.17) is 23.2 Å². The van der Waals surface area contributed by atoms with E-state index in [-0.39, 0.29) is 0 Å². The van der Waals surface area contributed by atoms with E-state index < -0.39 is 10.0 Å². The number of aryl methyl sites for hydroxylation is 1. The van der Waals surface area contributed by atoms with E-state index in [0.29, 0.717) is 41.1 Å². The summed E-state index contributed by atoms with van der Waals surface area (Å²) in [6, 6.07) is 12.4. The van der Waals surface area contributed by atoms with Crippen molar-refractivity contribution in [1.82, 2.24) is 4.31 Å². The molecule has 1 saturated heterocycles. The second-order valence-electron chi connectivity index (χ2n) is 5.75. The summed E-state index contributed by atoms with van der Waals surface area (Å²) in [5.41, 5.74) is 1.65. The summed E-state index contributed by atoms with van der Waals surface area (Å²) in [5.74, 6) is 0. The number of anilines is 1. The minimum Gasteiger partial charge on any atom is -0.368 e. The van der Waals surface area contributed by atoms with Crippen LogP contribution in [-0.2, 0) is 10.0 Å². The van der Waals surface area contributed by atoms with Gasteiger partial charge in [-0.05, 0) is 36.8 Å². The lowest BCUT2D eigenvalue weighted by atomic mass is 10.2. The van der Waals surface area contributed by atoms with Crippen molar-refractivity contribution in [3.8, 4) is 0 Å². The predicted molar refractivity (Wildman–Crippen MR) is 98.6 cm³/mol. The summed E-state index contributed by atoms with van der Waals surface area (Å²) < 4.78 is 27.2. The minimum atomic E-state index is -3.46. The molecule has 2 aromatic carbocycles. The second kappa shape index (κ2) is 6.92. The summed E-state index contributed by atoms with van der Waals surface area (Å²) >= 11 is 12.2. The number of hydrogen-bond acceptors (Lipinski definition) is 3. The average molecular weight is 385 g/mol. The number of rotatable bonds is 3. The molecule has 0 radical (unpaired) electrons. The normalized spacial score (nSPS) is 16.4. The molecule has 1 aliphatic heterocycles. The first kappa shape index (κ1) is 17.5. The Morgan fingerprint density at radius 3 is 2.25 bits per heavy atom. The van der Waals surface area contributed by atoms with Crippen molar-refractivity contribution < 1.29 is 8.42 Å². The lowest BCUT2D eigenvalue weighted by molar-refractivity contribution is 0.384. The SMILES string of the molecule is Cc1ccccc1S(=O)(=O)N1CCN(c2ccc(Cl)cc2Cl)CC1. The van der Waals surface area contributed by atoms with Crippen LogP contribution in [0, 0.1) is 6.92 Å². The summed E-state index contributed by atoms with van der Waals surface area (Å²) in [7, 11) is -3.46. The van der Waals surface area contributed by atoms with Gasteiger partial charge in [-0.25, -0.2) is 8.42 Å². The van der Waals surface area contributed by atoms with Gasteiger partial charge in [0.2, 0.25) is 10.0 Å². The van der Waals surface area contributed by atoms with Crippen LogP contribution in [0.5, 0.6) is 0 Å². The Kier molecular flexibility index (Phi) is 5.06.